The molecule has 0 fully saturated rings. The van der Waals surface area contributed by atoms with Crippen molar-refractivity contribution in [3.8, 4) is 17.3 Å². The minimum absolute atomic E-state index is 0.0561. The number of pyridine rings is 1. The highest BCUT2D eigenvalue weighted by atomic mass is 32.2. The number of hydrogen-bond donors (Lipinski definition) is 2. The van der Waals surface area contributed by atoms with Crippen LogP contribution >= 0.6 is 11.3 Å². The summed E-state index contributed by atoms with van der Waals surface area (Å²) in [6.45, 7) is 2.16. The summed E-state index contributed by atoms with van der Waals surface area (Å²) in [6.07, 6.45) is 0. The number of aromatic nitrogens is 2. The zero-order valence-corrected chi connectivity index (χ0v) is 37.3. The van der Waals surface area contributed by atoms with Gasteiger partial charge in [-0.1, -0.05) is 47.7 Å². The smallest absolute Gasteiger partial charge is 0.296 e. The number of fused-ring (bicyclic) bond motifs is 1. The second kappa shape index (κ2) is 20.4. The maximum absolute atomic E-state index is 12.3. The number of anilines is 4. The van der Waals surface area contributed by atoms with Gasteiger partial charge in [-0.2, -0.15) is 22.1 Å². The largest absolute Gasteiger partial charge is 0.463 e. The highest BCUT2D eigenvalue weighted by Crippen LogP contribution is 2.43. The number of nitriles is 1. The molecule has 2 aromatic heterocycles. The Morgan fingerprint density at radius 1 is 0.682 bits per heavy atom. The lowest BCUT2D eigenvalue weighted by Gasteiger charge is -2.16. The van der Waals surface area contributed by atoms with Crippen LogP contribution in [-0.2, 0) is 60.9 Å². The second-order valence-electron chi connectivity index (χ2n) is 13.7. The number of thiazole rings is 1. The van der Waals surface area contributed by atoms with Gasteiger partial charge in [-0.05, 0) is 102 Å². The van der Waals surface area contributed by atoms with Crippen LogP contribution in [0.5, 0.6) is 0 Å². The number of nitrogens with zero attached hydrogens (tertiary/aromatic N) is 7. The molecular weight excluding hydrogens is 911 g/mol. The summed E-state index contributed by atoms with van der Waals surface area (Å²) in [7, 11) is -5.85. The third-order valence-corrected chi connectivity index (χ3v) is 13.0. The van der Waals surface area contributed by atoms with Crippen molar-refractivity contribution in [3.63, 3.8) is 0 Å². The molecule has 0 spiro atoms. The van der Waals surface area contributed by atoms with Crippen molar-refractivity contribution in [2.24, 2.45) is 20.5 Å². The van der Waals surface area contributed by atoms with Gasteiger partial charge in [0.05, 0.1) is 35.3 Å². The fourth-order valence-corrected chi connectivity index (χ4v) is 8.42. The quantitative estimate of drug-likeness (QED) is 0.0434. The fraction of sp³-hybridized carbons (Fsp3) is 0.114. The predicted molar refractivity (Wildman–Crippen MR) is 243 cm³/mol. The first-order valence-electron chi connectivity index (χ1n) is 19.2. The van der Waals surface area contributed by atoms with Crippen molar-refractivity contribution >= 4 is 99.8 Å². The molecule has 0 amide bonds. The zero-order valence-electron chi connectivity index (χ0n) is 34.9. The van der Waals surface area contributed by atoms with Gasteiger partial charge in [0.15, 0.2) is 16.6 Å². The average Bonchev–Trinajstić information content (AvgIpc) is 3.75. The number of azo groups is 2. The van der Waals surface area contributed by atoms with Crippen LogP contribution in [0, 0.1) is 18.3 Å². The lowest BCUT2D eigenvalue weighted by molar-refractivity contribution is -0.130. The van der Waals surface area contributed by atoms with E-state index in [4.69, 9.17) is 19.4 Å². The van der Waals surface area contributed by atoms with Crippen LogP contribution in [0.2, 0.25) is 0 Å². The molecule has 2 heterocycles. The van der Waals surface area contributed by atoms with Crippen LogP contribution in [0.1, 0.15) is 22.3 Å². The molecule has 2 N–H and O–H groups in total. The van der Waals surface area contributed by atoms with Crippen LogP contribution in [-0.4, -0.2) is 54.0 Å². The van der Waals surface area contributed by atoms with Gasteiger partial charge in [-0.25, -0.2) is 9.97 Å². The Morgan fingerprint density at radius 2 is 1.26 bits per heavy atom. The van der Waals surface area contributed by atoms with Crippen molar-refractivity contribution in [1.82, 2.24) is 9.97 Å². The van der Waals surface area contributed by atoms with E-state index in [9.17, 15) is 31.7 Å². The van der Waals surface area contributed by atoms with E-state index in [0.29, 0.717) is 63.0 Å². The summed E-state index contributed by atoms with van der Waals surface area (Å²) in [6, 6.07) is 32.0. The van der Waals surface area contributed by atoms with Crippen LogP contribution in [0.3, 0.4) is 0 Å². The fourth-order valence-electron chi connectivity index (χ4n) is 6.37. The molecule has 66 heavy (non-hydrogen) atoms. The summed E-state index contributed by atoms with van der Waals surface area (Å²) in [5, 5.41) is 37.2. The van der Waals surface area contributed by atoms with Crippen molar-refractivity contribution in [1.29, 1.82) is 5.26 Å². The van der Waals surface area contributed by atoms with E-state index in [1.54, 1.807) is 25.1 Å². The van der Waals surface area contributed by atoms with Crippen molar-refractivity contribution in [3.05, 3.63) is 131 Å². The Hall–Kier alpha value is -7.81. The van der Waals surface area contributed by atoms with Crippen LogP contribution < -0.4 is 10.6 Å². The molecule has 19 nitrogen and oxygen atoms in total. The summed E-state index contributed by atoms with van der Waals surface area (Å²) >= 11 is 1.06. The Kier molecular flexibility index (Phi) is 14.2. The Bertz CT molecular complexity index is 3250. The zero-order chi connectivity index (χ0) is 46.8. The lowest BCUT2D eigenvalue weighted by Crippen LogP contribution is -2.05. The van der Waals surface area contributed by atoms with Crippen molar-refractivity contribution in [2.45, 2.75) is 29.9 Å². The number of nitrogens with one attached hydrogen (secondary N) is 2. The van der Waals surface area contributed by atoms with E-state index >= 15 is 0 Å². The molecule has 0 aliphatic carbocycles. The van der Waals surface area contributed by atoms with Gasteiger partial charge in [-0.3, -0.25) is 18.0 Å². The van der Waals surface area contributed by atoms with E-state index in [-0.39, 0.29) is 51.0 Å². The van der Waals surface area contributed by atoms with Crippen molar-refractivity contribution in [2.75, 3.05) is 24.9 Å². The number of ether oxygens (including phenoxy) is 2. The van der Waals surface area contributed by atoms with Gasteiger partial charge in [0.25, 0.3) is 33.2 Å². The number of carbonyl (C=O) groups excluding carboxylic acids is 2. The van der Waals surface area contributed by atoms with E-state index in [1.807, 2.05) is 42.5 Å². The van der Waals surface area contributed by atoms with Gasteiger partial charge in [0.1, 0.15) is 30.7 Å². The molecule has 7 rings (SSSR count). The second-order valence-corrected chi connectivity index (χ2v) is 18.1. The molecule has 0 atom stereocenters. The maximum Gasteiger partial charge on any atom is 0.296 e. The van der Waals surface area contributed by atoms with Crippen LogP contribution in [0.15, 0.2) is 139 Å². The van der Waals surface area contributed by atoms with Gasteiger partial charge < -0.3 is 20.1 Å². The molecular formula is C44H35N9O10S3. The predicted octanol–water partition coefficient (Wildman–Crippen LogP) is 9.87. The molecule has 0 unspecified atom stereocenters. The summed E-state index contributed by atoms with van der Waals surface area (Å²) < 4.78 is 68.3. The van der Waals surface area contributed by atoms with Gasteiger partial charge in [-0.15, -0.1) is 20.5 Å². The number of hydrogen-bond acceptors (Lipinski definition) is 20. The maximum atomic E-state index is 12.3. The van der Waals surface area contributed by atoms with E-state index < -0.39 is 20.2 Å². The average molecular weight is 946 g/mol. The first-order chi connectivity index (χ1) is 31.8. The molecule has 0 aliphatic heterocycles. The summed E-state index contributed by atoms with van der Waals surface area (Å²) in [5.41, 5.74) is 3.95. The molecule has 0 aliphatic rings. The van der Waals surface area contributed by atoms with E-state index in [1.165, 1.54) is 48.5 Å². The third kappa shape index (κ3) is 10.7. The first-order valence-corrected chi connectivity index (χ1v) is 22.8. The van der Waals surface area contributed by atoms with Gasteiger partial charge in [0.2, 0.25) is 5.13 Å². The number of rotatable bonds is 19. The molecule has 5 aromatic carbocycles. The number of benzene rings is 5. The molecule has 0 bridgehead atoms. The normalized spacial score (nSPS) is 11.7. The van der Waals surface area contributed by atoms with Gasteiger partial charge >= 0.3 is 0 Å². The topological polar surface area (TPSA) is 262 Å². The highest BCUT2D eigenvalue weighted by Gasteiger charge is 2.21. The SMILES string of the molecule is COS(=O)(=O)c1ccc(Nc2nc(Nc3ccc(S(=O)(=O)OC)cc3)c(N=Nc3nc(-c4ccc5ccccc5c4)c(N=Nc4cc(COC=O)cc(COC=O)c4)s3)c(C)c2C#N)cc1. The molecule has 7 aromatic rings. The van der Waals surface area contributed by atoms with E-state index in [2.05, 4.69) is 45.5 Å². The molecule has 0 saturated heterocycles. The summed E-state index contributed by atoms with van der Waals surface area (Å²) in [4.78, 5) is 31.2. The van der Waals surface area contributed by atoms with Crippen LogP contribution in [0.25, 0.3) is 22.0 Å². The third-order valence-electron chi connectivity index (χ3n) is 9.56. The number of carbonyl (C=O) groups is 2. The van der Waals surface area contributed by atoms with Gasteiger partial charge in [0, 0.05) is 22.5 Å². The summed E-state index contributed by atoms with van der Waals surface area (Å²) in [5.74, 6) is 0.174. The minimum Gasteiger partial charge on any atom is -0.463 e. The van der Waals surface area contributed by atoms with E-state index in [0.717, 1.165) is 36.3 Å². The van der Waals surface area contributed by atoms with Crippen LogP contribution in [0.4, 0.5) is 44.5 Å². The van der Waals surface area contributed by atoms with Crippen molar-refractivity contribution < 1.29 is 44.3 Å². The first kappa shape index (κ1) is 46.2. The Morgan fingerprint density at radius 3 is 1.82 bits per heavy atom. The lowest BCUT2D eigenvalue weighted by atomic mass is 10.1. The monoisotopic (exact) mass is 945 g/mol. The molecule has 0 radical (unpaired) electrons. The standard InChI is InChI=1S/C44H35N9O10S3/c1-27-38(22-45)41(46-33-10-14-36(15-11-33)65(56,57)60-2)49-42(47-34-12-16-37(17-13-34)66(58,59)61-3)39(27)51-53-44-48-40(32-9-8-30-6-4-5-7-31(30)21-32)43(64-44)52-50-35-19-28(23-62-25-54)18-29(20-35)24-63-26-55/h4-21,25-26H,23-24H2,1-3H3,(H2,46,47,49). The molecule has 0 saturated carbocycles. The molecule has 334 valence electrons. The molecule has 22 heteroatoms. The minimum atomic E-state index is -3.99. The Balaban J connectivity index is 1.32. The highest BCUT2D eigenvalue weighted by molar-refractivity contribution is 7.87. The Labute approximate surface area is 381 Å².